The number of urea groups is 1. The highest BCUT2D eigenvalue weighted by Gasteiger charge is 2.14. The quantitative estimate of drug-likeness (QED) is 0.509. The van der Waals surface area contributed by atoms with Crippen molar-refractivity contribution in [2.24, 2.45) is 0 Å². The van der Waals surface area contributed by atoms with Crippen LogP contribution in [0.2, 0.25) is 0 Å². The lowest BCUT2D eigenvalue weighted by atomic mass is 10.2. The topological polar surface area (TPSA) is 83.1 Å². The van der Waals surface area contributed by atoms with Crippen LogP contribution in [0.4, 0.5) is 25.7 Å². The number of amides is 3. The smallest absolute Gasteiger partial charge is 0.320 e. The van der Waals surface area contributed by atoms with Gasteiger partial charge in [-0.25, -0.2) is 14.2 Å². The van der Waals surface area contributed by atoms with Crippen molar-refractivity contribution in [3.05, 3.63) is 69.4 Å². The van der Waals surface area contributed by atoms with E-state index in [0.29, 0.717) is 11.4 Å². The Kier molecular flexibility index (Phi) is 5.82. The molecule has 0 aliphatic heterocycles. The maximum atomic E-state index is 12.9. The molecule has 0 bridgehead atoms. The molecule has 3 rings (SSSR count). The lowest BCUT2D eigenvalue weighted by molar-refractivity contribution is 0.102. The molecule has 0 aliphatic carbocycles. The summed E-state index contributed by atoms with van der Waals surface area (Å²) in [7, 11) is 0. The third-order valence-corrected chi connectivity index (χ3v) is 4.75. The fourth-order valence-corrected chi connectivity index (χ4v) is 3.34. The van der Waals surface area contributed by atoms with Crippen molar-refractivity contribution in [3.8, 4) is 0 Å². The number of rotatable bonds is 4. The van der Waals surface area contributed by atoms with Crippen LogP contribution >= 0.6 is 27.3 Å². The fourth-order valence-electron chi connectivity index (χ4n) is 2.18. The van der Waals surface area contributed by atoms with Crippen molar-refractivity contribution in [2.45, 2.75) is 6.92 Å². The van der Waals surface area contributed by atoms with Gasteiger partial charge in [0.1, 0.15) is 11.5 Å². The van der Waals surface area contributed by atoms with E-state index in [-0.39, 0.29) is 16.7 Å². The molecule has 1 heterocycles. The Morgan fingerprint density at radius 1 is 1.07 bits per heavy atom. The first-order valence-corrected chi connectivity index (χ1v) is 9.44. The monoisotopic (exact) mass is 448 g/mol. The van der Waals surface area contributed by atoms with Crippen LogP contribution < -0.4 is 16.0 Å². The van der Waals surface area contributed by atoms with E-state index >= 15 is 0 Å². The van der Waals surface area contributed by atoms with Gasteiger partial charge in [0.15, 0.2) is 5.13 Å². The molecule has 0 unspecified atom stereocenters. The molecule has 0 aliphatic rings. The zero-order valence-electron chi connectivity index (χ0n) is 14.0. The number of nitrogens with one attached hydrogen (secondary N) is 3. The highest BCUT2D eigenvalue weighted by Crippen LogP contribution is 2.22. The van der Waals surface area contributed by atoms with E-state index in [4.69, 9.17) is 0 Å². The Bertz CT molecular complexity index is 991. The molecule has 0 saturated heterocycles. The molecule has 0 saturated carbocycles. The number of anilines is 3. The molecule has 1 aromatic heterocycles. The van der Waals surface area contributed by atoms with Crippen molar-refractivity contribution in [1.29, 1.82) is 0 Å². The zero-order chi connectivity index (χ0) is 19.4. The summed E-state index contributed by atoms with van der Waals surface area (Å²) in [5.41, 5.74) is 2.22. The number of aryl methyl sites for hydroxylation is 1. The van der Waals surface area contributed by atoms with E-state index in [1.54, 1.807) is 11.4 Å². The highest BCUT2D eigenvalue weighted by atomic mass is 79.9. The molecule has 3 aromatic rings. The maximum absolute atomic E-state index is 12.9. The molecule has 3 amide bonds. The Labute approximate surface area is 167 Å². The van der Waals surface area contributed by atoms with Gasteiger partial charge in [-0.05, 0) is 55.0 Å². The number of hydrogen-bond acceptors (Lipinski definition) is 4. The number of halogens is 2. The minimum Gasteiger partial charge on any atom is -0.320 e. The van der Waals surface area contributed by atoms with E-state index in [2.05, 4.69) is 36.9 Å². The Hall–Kier alpha value is -2.78. The molecule has 3 N–H and O–H groups in total. The SMILES string of the molecule is Cc1cc(Br)ccc1NC(=O)c1csc(NC(=O)Nc2ccc(F)cc2)n1. The van der Waals surface area contributed by atoms with E-state index < -0.39 is 11.8 Å². The summed E-state index contributed by atoms with van der Waals surface area (Å²) in [5, 5.41) is 9.70. The molecule has 138 valence electrons. The molecule has 6 nitrogen and oxygen atoms in total. The van der Waals surface area contributed by atoms with Gasteiger partial charge < -0.3 is 10.6 Å². The Morgan fingerprint density at radius 2 is 1.81 bits per heavy atom. The van der Waals surface area contributed by atoms with Crippen LogP contribution in [-0.4, -0.2) is 16.9 Å². The number of carbonyl (C=O) groups is 2. The predicted octanol–water partition coefficient (Wildman–Crippen LogP) is 5.25. The number of hydrogen-bond donors (Lipinski definition) is 3. The minimum atomic E-state index is -0.535. The van der Waals surface area contributed by atoms with Crippen molar-refractivity contribution in [2.75, 3.05) is 16.0 Å². The molecule has 0 spiro atoms. The molecular weight excluding hydrogens is 435 g/mol. The van der Waals surface area contributed by atoms with Gasteiger partial charge in [0, 0.05) is 21.2 Å². The molecule has 9 heteroatoms. The second-order valence-electron chi connectivity index (χ2n) is 5.54. The van der Waals surface area contributed by atoms with E-state index in [0.717, 1.165) is 21.4 Å². The van der Waals surface area contributed by atoms with Gasteiger partial charge in [-0.15, -0.1) is 11.3 Å². The highest BCUT2D eigenvalue weighted by molar-refractivity contribution is 9.10. The summed E-state index contributed by atoms with van der Waals surface area (Å²) in [4.78, 5) is 28.4. The third-order valence-electron chi connectivity index (χ3n) is 3.50. The molecule has 2 aromatic carbocycles. The summed E-state index contributed by atoms with van der Waals surface area (Å²) < 4.78 is 13.8. The summed E-state index contributed by atoms with van der Waals surface area (Å²) >= 11 is 4.50. The minimum absolute atomic E-state index is 0.194. The van der Waals surface area contributed by atoms with Crippen molar-refractivity contribution < 1.29 is 14.0 Å². The van der Waals surface area contributed by atoms with Gasteiger partial charge in [-0.2, -0.15) is 0 Å². The number of nitrogens with zero attached hydrogens (tertiary/aromatic N) is 1. The van der Waals surface area contributed by atoms with Crippen LogP contribution in [0.25, 0.3) is 0 Å². The van der Waals surface area contributed by atoms with Gasteiger partial charge in [0.05, 0.1) is 0 Å². The average Bonchev–Trinajstić information content (AvgIpc) is 3.08. The third kappa shape index (κ3) is 5.11. The molecule has 0 atom stereocenters. The van der Waals surface area contributed by atoms with Crippen LogP contribution in [0.1, 0.15) is 16.1 Å². The second kappa shape index (κ2) is 8.28. The number of aromatic nitrogens is 1. The number of thiazole rings is 1. The first-order chi connectivity index (χ1) is 12.9. The standard InChI is InChI=1S/C18H14BrFN4O2S/c1-10-8-11(19)2-7-14(10)22-16(25)15-9-27-18(23-15)24-17(26)21-13-5-3-12(20)4-6-13/h2-9H,1H3,(H,22,25)(H2,21,23,24,26). The summed E-state index contributed by atoms with van der Waals surface area (Å²) in [6.07, 6.45) is 0. The normalized spacial score (nSPS) is 10.3. The van der Waals surface area contributed by atoms with E-state index in [1.165, 1.54) is 24.3 Å². The van der Waals surface area contributed by atoms with Crippen LogP contribution in [0.15, 0.2) is 52.3 Å². The maximum Gasteiger partial charge on any atom is 0.325 e. The van der Waals surface area contributed by atoms with Crippen LogP contribution in [0.5, 0.6) is 0 Å². The molecular formula is C18H14BrFN4O2S. The van der Waals surface area contributed by atoms with Gasteiger partial charge in [-0.1, -0.05) is 15.9 Å². The summed E-state index contributed by atoms with van der Waals surface area (Å²) in [5.74, 6) is -0.763. The number of carbonyl (C=O) groups excluding carboxylic acids is 2. The number of benzene rings is 2. The molecule has 0 fully saturated rings. The second-order valence-corrected chi connectivity index (χ2v) is 7.31. The van der Waals surface area contributed by atoms with Crippen molar-refractivity contribution in [1.82, 2.24) is 4.98 Å². The molecule has 27 heavy (non-hydrogen) atoms. The lowest BCUT2D eigenvalue weighted by Crippen LogP contribution is -2.19. The van der Waals surface area contributed by atoms with Crippen molar-refractivity contribution >= 4 is 55.7 Å². The predicted molar refractivity (Wildman–Crippen MR) is 108 cm³/mol. The van der Waals surface area contributed by atoms with Crippen LogP contribution in [0, 0.1) is 12.7 Å². The largest absolute Gasteiger partial charge is 0.325 e. The summed E-state index contributed by atoms with van der Waals surface area (Å²) in [6.45, 7) is 1.88. The van der Waals surface area contributed by atoms with E-state index in [1.807, 2.05) is 19.1 Å². The zero-order valence-corrected chi connectivity index (χ0v) is 16.4. The van der Waals surface area contributed by atoms with Gasteiger partial charge >= 0.3 is 6.03 Å². The first kappa shape index (κ1) is 19.0. The van der Waals surface area contributed by atoms with Gasteiger partial charge in [-0.3, -0.25) is 10.1 Å². The Morgan fingerprint density at radius 3 is 2.52 bits per heavy atom. The van der Waals surface area contributed by atoms with Gasteiger partial charge in [0.2, 0.25) is 0 Å². The lowest BCUT2D eigenvalue weighted by Gasteiger charge is -2.07. The van der Waals surface area contributed by atoms with Crippen LogP contribution in [-0.2, 0) is 0 Å². The summed E-state index contributed by atoms with van der Waals surface area (Å²) in [6, 6.07) is 10.3. The first-order valence-electron chi connectivity index (χ1n) is 7.77. The van der Waals surface area contributed by atoms with Crippen LogP contribution in [0.3, 0.4) is 0 Å². The van der Waals surface area contributed by atoms with E-state index in [9.17, 15) is 14.0 Å². The Balaban J connectivity index is 1.61. The fraction of sp³-hybridized carbons (Fsp3) is 0.0556. The molecule has 0 radical (unpaired) electrons. The van der Waals surface area contributed by atoms with Gasteiger partial charge in [0.25, 0.3) is 5.91 Å². The average molecular weight is 449 g/mol. The van der Waals surface area contributed by atoms with Crippen molar-refractivity contribution in [3.63, 3.8) is 0 Å².